The summed E-state index contributed by atoms with van der Waals surface area (Å²) >= 11 is 14.7. The fraction of sp³-hybridized carbons (Fsp3) is 0.387. The Bertz CT molecular complexity index is 2850. The molecule has 0 radical (unpaired) electrons. The predicted molar refractivity (Wildman–Crippen MR) is 331 cm³/mol. The van der Waals surface area contributed by atoms with Crippen LogP contribution < -0.4 is 18.9 Å². The molecule has 4 nitrogen and oxygen atoms in total. The molecule has 0 N–H and O–H groups in total. The van der Waals surface area contributed by atoms with Gasteiger partial charge < -0.3 is 18.9 Å². The monoisotopic (exact) mass is 1130 g/mol. The van der Waals surface area contributed by atoms with E-state index in [1.807, 2.05) is 68.0 Å². The maximum Gasteiger partial charge on any atom is 0.139 e. The third kappa shape index (κ3) is 14.3. The first-order valence-electron chi connectivity index (χ1n) is 27.0. The highest BCUT2D eigenvalue weighted by molar-refractivity contribution is 7.30. The van der Waals surface area contributed by atoms with Crippen LogP contribution in [0.25, 0.3) is 79.4 Å². The van der Waals surface area contributed by atoms with Crippen molar-refractivity contribution in [2.24, 2.45) is 0 Å². The fourth-order valence-electron chi connectivity index (χ4n) is 8.78. The molecule has 0 fully saturated rings. The standard InChI is InChI=1S/C62H70O4S8/c1-5-9-13-17-35-63-45-33-39-67-59(45)53-29-25-49(69-53)51-27-31-55(71-51)61-47(65-37-19-15-11-7-3)41-57(73-61)43-21-23-44(24-22-43)58-42-48(66-38-20-16-12-8-4)62(74-58)56-32-28-52(72-56)50-26-30-54(70-50)60-46(34-40-68-60)64-36-18-14-10-6-2/h21-34,39-42H,5-20,35-38H2,1-4H3. The largest absolute Gasteiger partial charge is 0.492 e. The van der Waals surface area contributed by atoms with Crippen molar-refractivity contribution >= 4 is 90.7 Å². The highest BCUT2D eigenvalue weighted by atomic mass is 32.1. The summed E-state index contributed by atoms with van der Waals surface area (Å²) in [6.45, 7) is 12.0. The van der Waals surface area contributed by atoms with E-state index in [0.29, 0.717) is 0 Å². The summed E-state index contributed by atoms with van der Waals surface area (Å²) in [6.07, 6.45) is 19.1. The minimum Gasteiger partial charge on any atom is -0.492 e. The molecule has 0 unspecified atom stereocenters. The number of ether oxygens (including phenoxy) is 4. The van der Waals surface area contributed by atoms with Crippen LogP contribution >= 0.6 is 90.7 Å². The third-order valence-corrected chi connectivity index (χ3v) is 22.5. The molecule has 9 rings (SSSR count). The molecule has 8 aromatic heterocycles. The second-order valence-corrected chi connectivity index (χ2v) is 27.0. The van der Waals surface area contributed by atoms with E-state index in [1.54, 1.807) is 22.7 Å². The molecule has 0 aliphatic carbocycles. The molecule has 0 aliphatic rings. The Kier molecular flexibility index (Phi) is 21.0. The number of hydrogen-bond donors (Lipinski definition) is 0. The first-order valence-corrected chi connectivity index (χ1v) is 33.6. The van der Waals surface area contributed by atoms with Crippen molar-refractivity contribution in [1.82, 2.24) is 0 Å². The van der Waals surface area contributed by atoms with E-state index in [4.69, 9.17) is 18.9 Å². The molecule has 0 saturated carbocycles. The highest BCUT2D eigenvalue weighted by Gasteiger charge is 2.21. The number of rotatable bonds is 32. The van der Waals surface area contributed by atoms with Gasteiger partial charge >= 0.3 is 0 Å². The summed E-state index contributed by atoms with van der Waals surface area (Å²) in [5, 5.41) is 4.31. The van der Waals surface area contributed by atoms with Crippen molar-refractivity contribution in [2.45, 2.75) is 130 Å². The van der Waals surface area contributed by atoms with Gasteiger partial charge in [0, 0.05) is 48.8 Å². The average Bonchev–Trinajstić information content (AvgIpc) is 4.27. The van der Waals surface area contributed by atoms with Crippen molar-refractivity contribution in [3.05, 3.63) is 108 Å². The molecule has 0 saturated heterocycles. The minimum atomic E-state index is 0.729. The molecule has 390 valence electrons. The van der Waals surface area contributed by atoms with Gasteiger partial charge in [0.1, 0.15) is 23.0 Å². The molecule has 0 aliphatic heterocycles. The zero-order valence-corrected chi connectivity index (χ0v) is 50.0. The van der Waals surface area contributed by atoms with Gasteiger partial charge in [-0.2, -0.15) is 0 Å². The van der Waals surface area contributed by atoms with Gasteiger partial charge in [0.25, 0.3) is 0 Å². The molecule has 1 aromatic carbocycles. The van der Waals surface area contributed by atoms with Gasteiger partial charge in [0.05, 0.1) is 45.9 Å². The molecular weight excluding hydrogens is 1070 g/mol. The highest BCUT2D eigenvalue weighted by Crippen LogP contribution is 2.51. The molecule has 8 heterocycles. The Labute approximate surface area is 472 Å². The molecule has 74 heavy (non-hydrogen) atoms. The van der Waals surface area contributed by atoms with E-state index >= 15 is 0 Å². The smallest absolute Gasteiger partial charge is 0.139 e. The van der Waals surface area contributed by atoms with Gasteiger partial charge in [-0.25, -0.2) is 0 Å². The Morgan fingerprint density at radius 3 is 0.892 bits per heavy atom. The van der Waals surface area contributed by atoms with Crippen LogP contribution in [0.5, 0.6) is 23.0 Å². The van der Waals surface area contributed by atoms with E-state index in [1.165, 1.54) is 156 Å². The van der Waals surface area contributed by atoms with Crippen LogP contribution in [-0.2, 0) is 0 Å². The van der Waals surface area contributed by atoms with Crippen molar-refractivity contribution in [2.75, 3.05) is 26.4 Å². The summed E-state index contributed by atoms with van der Waals surface area (Å²) < 4.78 is 25.8. The summed E-state index contributed by atoms with van der Waals surface area (Å²) in [5.41, 5.74) is 2.41. The van der Waals surface area contributed by atoms with Crippen LogP contribution in [0.2, 0.25) is 0 Å². The first kappa shape index (κ1) is 54.8. The number of unbranched alkanes of at least 4 members (excludes halogenated alkanes) is 12. The number of thiophene rings is 8. The van der Waals surface area contributed by atoms with Crippen molar-refractivity contribution in [1.29, 1.82) is 0 Å². The summed E-state index contributed by atoms with van der Waals surface area (Å²) in [7, 11) is 0. The fourth-order valence-corrected chi connectivity index (χ4v) is 17.4. The Balaban J connectivity index is 0.926. The van der Waals surface area contributed by atoms with Gasteiger partial charge in [0.15, 0.2) is 0 Å². The maximum atomic E-state index is 6.65. The second-order valence-electron chi connectivity index (χ2n) is 18.7. The van der Waals surface area contributed by atoms with Crippen molar-refractivity contribution in [3.63, 3.8) is 0 Å². The Morgan fingerprint density at radius 2 is 0.568 bits per heavy atom. The first-order chi connectivity index (χ1) is 36.5. The van der Waals surface area contributed by atoms with Gasteiger partial charge in [-0.3, -0.25) is 0 Å². The molecule has 12 heteroatoms. The van der Waals surface area contributed by atoms with Crippen LogP contribution in [0.1, 0.15) is 130 Å². The van der Waals surface area contributed by atoms with E-state index < -0.39 is 0 Å². The SMILES string of the molecule is CCCCCCOc1ccsc1-c1ccc(-c2ccc(-c3sc(-c4ccc(-c5cc(OCCCCCC)c(-c6ccc(-c7ccc(-c8sccc8OCCCCCC)s7)s6)s5)cc4)cc3OCCCCCC)s2)s1. The number of hydrogen-bond acceptors (Lipinski definition) is 12. The van der Waals surface area contributed by atoms with E-state index in [0.717, 1.165) is 75.1 Å². The van der Waals surface area contributed by atoms with Crippen LogP contribution in [0.3, 0.4) is 0 Å². The lowest BCUT2D eigenvalue weighted by Gasteiger charge is -2.06. The third-order valence-electron chi connectivity index (χ3n) is 12.9. The average molecular weight is 1140 g/mol. The zero-order chi connectivity index (χ0) is 50.9. The maximum absolute atomic E-state index is 6.65. The van der Waals surface area contributed by atoms with Gasteiger partial charge in [-0.15, -0.1) is 90.7 Å². The molecule has 0 spiro atoms. The van der Waals surface area contributed by atoms with Gasteiger partial charge in [0.2, 0.25) is 0 Å². The lowest BCUT2D eigenvalue weighted by molar-refractivity contribution is 0.307. The Hall–Kier alpha value is -3.98. The summed E-state index contributed by atoms with van der Waals surface area (Å²) in [5.74, 6) is 4.00. The van der Waals surface area contributed by atoms with Crippen LogP contribution in [0.4, 0.5) is 0 Å². The van der Waals surface area contributed by atoms with Gasteiger partial charge in [-0.05, 0) is 120 Å². The summed E-state index contributed by atoms with van der Waals surface area (Å²) in [4.78, 5) is 17.5. The zero-order valence-electron chi connectivity index (χ0n) is 43.4. The predicted octanol–water partition coefficient (Wildman–Crippen LogP) is 23.4. The quantitative estimate of drug-likeness (QED) is 0.0394. The molecule has 9 aromatic rings. The van der Waals surface area contributed by atoms with Crippen LogP contribution in [-0.4, -0.2) is 26.4 Å². The minimum absolute atomic E-state index is 0.729. The molecular formula is C62H70O4S8. The van der Waals surface area contributed by atoms with E-state index in [9.17, 15) is 0 Å². The van der Waals surface area contributed by atoms with Crippen molar-refractivity contribution in [3.8, 4) is 102 Å². The van der Waals surface area contributed by atoms with Crippen LogP contribution in [0.15, 0.2) is 108 Å². The van der Waals surface area contributed by atoms with Crippen LogP contribution in [0, 0.1) is 0 Å². The lowest BCUT2D eigenvalue weighted by Crippen LogP contribution is -1.96. The van der Waals surface area contributed by atoms with E-state index in [2.05, 4.69) is 136 Å². The van der Waals surface area contributed by atoms with Gasteiger partial charge in [-0.1, -0.05) is 129 Å². The van der Waals surface area contributed by atoms with E-state index in [-0.39, 0.29) is 0 Å². The molecule has 0 atom stereocenters. The molecule has 0 amide bonds. The molecule has 0 bridgehead atoms. The number of benzene rings is 1. The topological polar surface area (TPSA) is 36.9 Å². The summed E-state index contributed by atoms with van der Waals surface area (Å²) in [6, 6.07) is 36.2. The normalized spacial score (nSPS) is 11.5. The lowest BCUT2D eigenvalue weighted by atomic mass is 10.1. The second kappa shape index (κ2) is 28.4. The van der Waals surface area contributed by atoms with Crippen molar-refractivity contribution < 1.29 is 18.9 Å². The Morgan fingerprint density at radius 1 is 0.270 bits per heavy atom.